The fraction of sp³-hybridized carbons (Fsp3) is 0.300. The van der Waals surface area contributed by atoms with Crippen molar-refractivity contribution < 1.29 is 9.72 Å². The van der Waals surface area contributed by atoms with Gasteiger partial charge < -0.3 is 0 Å². The first-order valence-electron chi connectivity index (χ1n) is 4.20. The molecule has 1 aromatic rings. The minimum absolute atomic E-state index is 0.0395. The average Bonchev–Trinajstić information content (AvgIpc) is 2.02. The summed E-state index contributed by atoms with van der Waals surface area (Å²) >= 11 is 0. The lowest BCUT2D eigenvalue weighted by molar-refractivity contribution is -0.386. The maximum Gasteiger partial charge on any atom is 0.275 e. The van der Waals surface area contributed by atoms with Crippen molar-refractivity contribution >= 4 is 11.5 Å². The molecule has 0 atom stereocenters. The topological polar surface area (TPSA) is 60.2 Å². The number of carbonyl (C=O) groups excluding carboxylic acids is 1. The molecule has 0 aliphatic carbocycles. The Morgan fingerprint density at radius 2 is 1.93 bits per heavy atom. The highest BCUT2D eigenvalue weighted by Crippen LogP contribution is 2.25. The minimum Gasteiger partial charge on any atom is -0.294 e. The van der Waals surface area contributed by atoms with Gasteiger partial charge in [0.25, 0.3) is 5.69 Å². The molecule has 0 aromatic heterocycles. The molecule has 0 aliphatic rings. The van der Waals surface area contributed by atoms with Gasteiger partial charge in [-0.1, -0.05) is 12.1 Å². The third-order valence-electron chi connectivity index (χ3n) is 2.19. The standard InChI is InChI=1S/C10H11NO3/c1-6-4-5-9(8(3)12)7(2)10(6)11(13)14/h4-5H,1-3H3. The third kappa shape index (κ3) is 1.64. The van der Waals surface area contributed by atoms with Crippen LogP contribution >= 0.6 is 0 Å². The number of rotatable bonds is 2. The molecule has 0 N–H and O–H groups in total. The molecule has 0 saturated carbocycles. The first-order chi connectivity index (χ1) is 6.45. The van der Waals surface area contributed by atoms with Crippen LogP contribution in [0.2, 0.25) is 0 Å². The largest absolute Gasteiger partial charge is 0.294 e. The van der Waals surface area contributed by atoms with Crippen LogP contribution in [0.15, 0.2) is 12.1 Å². The van der Waals surface area contributed by atoms with Crippen LogP contribution in [0.25, 0.3) is 0 Å². The Morgan fingerprint density at radius 3 is 2.36 bits per heavy atom. The predicted molar refractivity (Wildman–Crippen MR) is 52.6 cm³/mol. The molecular formula is C10H11NO3. The Labute approximate surface area is 81.7 Å². The first-order valence-corrected chi connectivity index (χ1v) is 4.20. The molecule has 0 fully saturated rings. The van der Waals surface area contributed by atoms with E-state index in [9.17, 15) is 14.9 Å². The lowest BCUT2D eigenvalue weighted by Crippen LogP contribution is -2.02. The van der Waals surface area contributed by atoms with E-state index in [1.165, 1.54) is 6.92 Å². The number of nitro benzene ring substituents is 1. The van der Waals surface area contributed by atoms with E-state index in [0.29, 0.717) is 16.7 Å². The maximum atomic E-state index is 11.1. The van der Waals surface area contributed by atoms with Crippen molar-refractivity contribution in [3.05, 3.63) is 38.9 Å². The molecule has 0 spiro atoms. The lowest BCUT2D eigenvalue weighted by Gasteiger charge is -2.04. The number of benzene rings is 1. The zero-order valence-electron chi connectivity index (χ0n) is 8.33. The second-order valence-corrected chi connectivity index (χ2v) is 3.22. The summed E-state index contributed by atoms with van der Waals surface area (Å²) < 4.78 is 0. The van der Waals surface area contributed by atoms with E-state index in [1.807, 2.05) is 0 Å². The predicted octanol–water partition coefficient (Wildman–Crippen LogP) is 2.41. The van der Waals surface area contributed by atoms with Gasteiger partial charge in [0.2, 0.25) is 0 Å². The molecule has 0 bridgehead atoms. The van der Waals surface area contributed by atoms with Crippen molar-refractivity contribution in [2.24, 2.45) is 0 Å². The number of ketones is 1. The number of hydrogen-bond donors (Lipinski definition) is 0. The van der Waals surface area contributed by atoms with E-state index < -0.39 is 4.92 Å². The van der Waals surface area contributed by atoms with Crippen molar-refractivity contribution in [3.63, 3.8) is 0 Å². The Bertz CT molecular complexity index is 410. The molecule has 0 saturated heterocycles. The van der Waals surface area contributed by atoms with E-state index in [4.69, 9.17) is 0 Å². The molecule has 4 nitrogen and oxygen atoms in total. The monoisotopic (exact) mass is 193 g/mol. The van der Waals surface area contributed by atoms with Crippen LogP contribution in [0.4, 0.5) is 5.69 Å². The molecule has 4 heteroatoms. The van der Waals surface area contributed by atoms with Gasteiger partial charge in [0.15, 0.2) is 5.78 Å². The highest BCUT2D eigenvalue weighted by Gasteiger charge is 2.18. The van der Waals surface area contributed by atoms with Crippen LogP contribution in [0, 0.1) is 24.0 Å². The summed E-state index contributed by atoms with van der Waals surface area (Å²) in [6, 6.07) is 3.22. The summed E-state index contributed by atoms with van der Waals surface area (Å²) in [7, 11) is 0. The van der Waals surface area contributed by atoms with Gasteiger partial charge in [-0.05, 0) is 20.8 Å². The molecule has 0 unspecified atom stereocenters. The van der Waals surface area contributed by atoms with Gasteiger partial charge >= 0.3 is 0 Å². The fourth-order valence-electron chi connectivity index (χ4n) is 1.50. The van der Waals surface area contributed by atoms with Crippen molar-refractivity contribution in [1.82, 2.24) is 0 Å². The van der Waals surface area contributed by atoms with Gasteiger partial charge in [-0.25, -0.2) is 0 Å². The van der Waals surface area contributed by atoms with Crippen molar-refractivity contribution in [2.45, 2.75) is 20.8 Å². The number of nitro groups is 1. The Morgan fingerprint density at radius 1 is 1.36 bits per heavy atom. The summed E-state index contributed by atoms with van der Waals surface area (Å²) in [5, 5.41) is 10.7. The second-order valence-electron chi connectivity index (χ2n) is 3.22. The zero-order valence-corrected chi connectivity index (χ0v) is 8.33. The number of Topliss-reactive ketones (excluding diaryl/α,β-unsaturated/α-hetero) is 1. The van der Waals surface area contributed by atoms with Gasteiger partial charge in [0.1, 0.15) is 0 Å². The molecule has 0 aliphatic heterocycles. The van der Waals surface area contributed by atoms with Crippen LogP contribution in [0.1, 0.15) is 28.4 Å². The third-order valence-corrected chi connectivity index (χ3v) is 2.19. The molecule has 0 heterocycles. The first kappa shape index (κ1) is 10.4. The van der Waals surface area contributed by atoms with E-state index in [1.54, 1.807) is 26.0 Å². The summed E-state index contributed by atoms with van der Waals surface area (Å²) in [4.78, 5) is 21.4. The zero-order chi connectivity index (χ0) is 10.9. The van der Waals surface area contributed by atoms with Gasteiger partial charge in [0, 0.05) is 16.7 Å². The molecule has 1 aromatic carbocycles. The van der Waals surface area contributed by atoms with E-state index in [2.05, 4.69) is 0 Å². The van der Waals surface area contributed by atoms with Crippen LogP contribution < -0.4 is 0 Å². The van der Waals surface area contributed by atoms with Gasteiger partial charge in [-0.15, -0.1) is 0 Å². The summed E-state index contributed by atoms with van der Waals surface area (Å²) in [6.07, 6.45) is 0. The smallest absolute Gasteiger partial charge is 0.275 e. The molecule has 14 heavy (non-hydrogen) atoms. The molecule has 0 radical (unpaired) electrons. The van der Waals surface area contributed by atoms with Crippen LogP contribution in [-0.2, 0) is 0 Å². The van der Waals surface area contributed by atoms with E-state index >= 15 is 0 Å². The van der Waals surface area contributed by atoms with E-state index in [0.717, 1.165) is 0 Å². The average molecular weight is 193 g/mol. The lowest BCUT2D eigenvalue weighted by atomic mass is 10.0. The maximum absolute atomic E-state index is 11.1. The van der Waals surface area contributed by atoms with Gasteiger partial charge in [-0.3, -0.25) is 14.9 Å². The number of nitrogens with zero attached hydrogens (tertiary/aromatic N) is 1. The second kappa shape index (κ2) is 3.57. The van der Waals surface area contributed by atoms with Gasteiger partial charge in [0.05, 0.1) is 4.92 Å². The quantitative estimate of drug-likeness (QED) is 0.411. The number of aryl methyl sites for hydroxylation is 1. The van der Waals surface area contributed by atoms with Crippen molar-refractivity contribution in [2.75, 3.05) is 0 Å². The summed E-state index contributed by atoms with van der Waals surface area (Å²) in [5.41, 5.74) is 1.49. The Hall–Kier alpha value is -1.71. The Balaban J connectivity index is 3.49. The molecular weight excluding hydrogens is 182 g/mol. The number of hydrogen-bond acceptors (Lipinski definition) is 3. The molecule has 74 valence electrons. The highest BCUT2D eigenvalue weighted by molar-refractivity contribution is 5.96. The van der Waals surface area contributed by atoms with Gasteiger partial charge in [-0.2, -0.15) is 0 Å². The normalized spacial score (nSPS) is 9.93. The minimum atomic E-state index is -0.447. The summed E-state index contributed by atoms with van der Waals surface area (Å²) in [6.45, 7) is 4.66. The SMILES string of the molecule is CC(=O)c1ccc(C)c([N+](=O)[O-])c1C. The van der Waals surface area contributed by atoms with Crippen molar-refractivity contribution in [3.8, 4) is 0 Å². The Kier molecular flexibility index (Phi) is 2.65. The fourth-order valence-corrected chi connectivity index (χ4v) is 1.50. The molecule has 0 amide bonds. The molecule has 1 rings (SSSR count). The van der Waals surface area contributed by atoms with Crippen LogP contribution in [0.3, 0.4) is 0 Å². The van der Waals surface area contributed by atoms with Crippen LogP contribution in [0.5, 0.6) is 0 Å². The highest BCUT2D eigenvalue weighted by atomic mass is 16.6. The van der Waals surface area contributed by atoms with Crippen LogP contribution in [-0.4, -0.2) is 10.7 Å². The van der Waals surface area contributed by atoms with E-state index in [-0.39, 0.29) is 11.5 Å². The summed E-state index contributed by atoms with van der Waals surface area (Å²) in [5.74, 6) is -0.148. The number of carbonyl (C=O) groups is 1. The van der Waals surface area contributed by atoms with Crippen molar-refractivity contribution in [1.29, 1.82) is 0 Å².